The largest absolute Gasteiger partial charge is 0.421 e. The number of nitrogens with one attached hydrogen (secondary N) is 1. The molecule has 3 aromatic rings. The van der Waals surface area contributed by atoms with Crippen LogP contribution in [0.3, 0.4) is 0 Å². The molecule has 168 valence electrons. The van der Waals surface area contributed by atoms with E-state index in [-0.39, 0.29) is 24.2 Å². The molecular formula is C24H27FN4O3. The minimum Gasteiger partial charge on any atom is -0.421 e. The molecule has 1 saturated heterocycles. The molecule has 0 spiro atoms. The molecule has 1 aliphatic rings. The molecule has 7 nitrogen and oxygen atoms in total. The van der Waals surface area contributed by atoms with E-state index in [1.807, 2.05) is 31.2 Å². The van der Waals surface area contributed by atoms with Crippen LogP contribution in [0.15, 0.2) is 52.9 Å². The second-order valence-electron chi connectivity index (χ2n) is 7.89. The number of hydrogen-bond donors (Lipinski definition) is 1. The number of carbonyl (C=O) groups is 1. The molecule has 1 atom stereocenters. The average Bonchev–Trinajstić information content (AvgIpc) is 3.29. The number of amides is 1. The topological polar surface area (TPSA) is 80.5 Å². The Morgan fingerprint density at radius 2 is 1.81 bits per heavy atom. The van der Waals surface area contributed by atoms with Gasteiger partial charge in [-0.3, -0.25) is 9.69 Å². The first-order valence-corrected chi connectivity index (χ1v) is 10.8. The number of nitrogens with zero attached hydrogens (tertiary/aromatic N) is 3. The zero-order valence-corrected chi connectivity index (χ0v) is 18.1. The predicted molar refractivity (Wildman–Crippen MR) is 117 cm³/mol. The fourth-order valence-electron chi connectivity index (χ4n) is 3.72. The van der Waals surface area contributed by atoms with Crippen LogP contribution in [0, 0.1) is 12.7 Å². The van der Waals surface area contributed by atoms with Gasteiger partial charge in [0.25, 0.3) is 0 Å². The molecule has 2 heterocycles. The van der Waals surface area contributed by atoms with E-state index in [9.17, 15) is 9.18 Å². The first-order chi connectivity index (χ1) is 15.6. The molecule has 2 aromatic carbocycles. The van der Waals surface area contributed by atoms with E-state index in [0.29, 0.717) is 38.0 Å². The van der Waals surface area contributed by atoms with Gasteiger partial charge in [0.2, 0.25) is 17.7 Å². The highest BCUT2D eigenvalue weighted by Crippen LogP contribution is 2.22. The summed E-state index contributed by atoms with van der Waals surface area (Å²) in [6.45, 7) is 5.27. The standard InChI is InChI=1S/C24H27FN4O3/c1-17-2-4-19(5-3-17)24-28-27-23(32-24)11-10-22(30)26-16-21(29-12-14-31-15-13-29)18-6-8-20(25)9-7-18/h2-9,21H,10-16H2,1H3,(H,26,30)/t21-/m1/s1. The highest BCUT2D eigenvalue weighted by molar-refractivity contribution is 5.76. The minimum absolute atomic E-state index is 0.0417. The molecule has 0 radical (unpaired) electrons. The van der Waals surface area contributed by atoms with Gasteiger partial charge in [0.15, 0.2) is 0 Å². The maximum absolute atomic E-state index is 13.4. The highest BCUT2D eigenvalue weighted by Gasteiger charge is 2.23. The average molecular weight is 439 g/mol. The molecule has 8 heteroatoms. The summed E-state index contributed by atoms with van der Waals surface area (Å²) in [6, 6.07) is 14.2. The highest BCUT2D eigenvalue weighted by atomic mass is 19.1. The molecule has 0 bridgehead atoms. The number of benzene rings is 2. The van der Waals surface area contributed by atoms with Crippen LogP contribution in [0.4, 0.5) is 4.39 Å². The first-order valence-electron chi connectivity index (χ1n) is 10.8. The smallest absolute Gasteiger partial charge is 0.247 e. The third-order valence-corrected chi connectivity index (χ3v) is 5.57. The van der Waals surface area contributed by atoms with Crippen molar-refractivity contribution in [3.8, 4) is 11.5 Å². The van der Waals surface area contributed by atoms with Crippen LogP contribution in [-0.4, -0.2) is 53.9 Å². The molecule has 4 rings (SSSR count). The second-order valence-corrected chi connectivity index (χ2v) is 7.89. The summed E-state index contributed by atoms with van der Waals surface area (Å²) in [5, 5.41) is 11.1. The van der Waals surface area contributed by atoms with Crippen LogP contribution < -0.4 is 5.32 Å². The van der Waals surface area contributed by atoms with Gasteiger partial charge in [0.05, 0.1) is 19.3 Å². The number of rotatable bonds is 8. The Morgan fingerprint density at radius 1 is 1.09 bits per heavy atom. The molecule has 1 aliphatic heterocycles. The van der Waals surface area contributed by atoms with Gasteiger partial charge >= 0.3 is 0 Å². The van der Waals surface area contributed by atoms with E-state index in [1.54, 1.807) is 12.1 Å². The summed E-state index contributed by atoms with van der Waals surface area (Å²) in [6.07, 6.45) is 0.609. The Bertz CT molecular complexity index is 1010. The van der Waals surface area contributed by atoms with Crippen molar-refractivity contribution in [3.05, 3.63) is 71.4 Å². The molecule has 0 unspecified atom stereocenters. The quantitative estimate of drug-likeness (QED) is 0.581. The van der Waals surface area contributed by atoms with E-state index in [4.69, 9.17) is 9.15 Å². The number of morpholine rings is 1. The Balaban J connectivity index is 1.32. The van der Waals surface area contributed by atoms with Crippen molar-refractivity contribution in [2.75, 3.05) is 32.8 Å². The van der Waals surface area contributed by atoms with Gasteiger partial charge in [-0.2, -0.15) is 0 Å². The first kappa shape index (κ1) is 22.1. The SMILES string of the molecule is Cc1ccc(-c2nnc(CCC(=O)NC[C@H](c3ccc(F)cc3)N3CCOCC3)o2)cc1. The van der Waals surface area contributed by atoms with Gasteiger partial charge in [-0.25, -0.2) is 4.39 Å². The summed E-state index contributed by atoms with van der Waals surface area (Å²) in [4.78, 5) is 14.8. The second kappa shape index (κ2) is 10.5. The zero-order valence-electron chi connectivity index (χ0n) is 18.1. The fraction of sp³-hybridized carbons (Fsp3) is 0.375. The number of hydrogen-bond acceptors (Lipinski definition) is 6. The van der Waals surface area contributed by atoms with E-state index < -0.39 is 0 Å². The number of ether oxygens (including phenoxy) is 1. The van der Waals surface area contributed by atoms with Crippen molar-refractivity contribution in [1.29, 1.82) is 0 Å². The van der Waals surface area contributed by atoms with Gasteiger partial charge in [0.1, 0.15) is 5.82 Å². The van der Waals surface area contributed by atoms with E-state index in [2.05, 4.69) is 20.4 Å². The zero-order chi connectivity index (χ0) is 22.3. The van der Waals surface area contributed by atoms with Crippen molar-refractivity contribution in [3.63, 3.8) is 0 Å². The number of carbonyl (C=O) groups excluding carboxylic acids is 1. The normalized spacial score (nSPS) is 15.4. The summed E-state index contributed by atoms with van der Waals surface area (Å²) < 4.78 is 24.5. The Labute approximate surface area is 186 Å². The van der Waals surface area contributed by atoms with Gasteiger partial charge in [-0.05, 0) is 36.8 Å². The lowest BCUT2D eigenvalue weighted by Gasteiger charge is -2.35. The van der Waals surface area contributed by atoms with Crippen LogP contribution in [0.25, 0.3) is 11.5 Å². The lowest BCUT2D eigenvalue weighted by atomic mass is 10.0. The van der Waals surface area contributed by atoms with Crippen molar-refractivity contribution in [2.24, 2.45) is 0 Å². The molecule has 32 heavy (non-hydrogen) atoms. The summed E-state index contributed by atoms with van der Waals surface area (Å²) >= 11 is 0. The summed E-state index contributed by atoms with van der Waals surface area (Å²) in [7, 11) is 0. The van der Waals surface area contributed by atoms with E-state index >= 15 is 0 Å². The van der Waals surface area contributed by atoms with Crippen molar-refractivity contribution >= 4 is 5.91 Å². The Kier molecular flexibility index (Phi) is 7.24. The van der Waals surface area contributed by atoms with E-state index in [0.717, 1.165) is 29.8 Å². The van der Waals surface area contributed by atoms with Crippen LogP contribution >= 0.6 is 0 Å². The molecular weight excluding hydrogens is 411 g/mol. The van der Waals surface area contributed by atoms with Crippen LogP contribution in [0.2, 0.25) is 0 Å². The van der Waals surface area contributed by atoms with Crippen molar-refractivity contribution in [1.82, 2.24) is 20.4 Å². The number of aryl methyl sites for hydroxylation is 2. The fourth-order valence-corrected chi connectivity index (χ4v) is 3.72. The molecule has 1 N–H and O–H groups in total. The number of aromatic nitrogens is 2. The third kappa shape index (κ3) is 5.77. The molecule has 1 amide bonds. The molecule has 1 aromatic heterocycles. The maximum atomic E-state index is 13.4. The van der Waals surface area contributed by atoms with Crippen LogP contribution in [0.5, 0.6) is 0 Å². The van der Waals surface area contributed by atoms with Crippen LogP contribution in [0.1, 0.15) is 29.5 Å². The minimum atomic E-state index is -0.275. The summed E-state index contributed by atoms with van der Waals surface area (Å²) in [5.74, 6) is 0.506. The Hall–Kier alpha value is -3.10. The monoisotopic (exact) mass is 438 g/mol. The lowest BCUT2D eigenvalue weighted by molar-refractivity contribution is -0.121. The van der Waals surface area contributed by atoms with Crippen molar-refractivity contribution in [2.45, 2.75) is 25.8 Å². The van der Waals surface area contributed by atoms with Gasteiger partial charge in [0, 0.05) is 38.0 Å². The third-order valence-electron chi connectivity index (χ3n) is 5.57. The van der Waals surface area contributed by atoms with Gasteiger partial charge in [-0.1, -0.05) is 29.8 Å². The van der Waals surface area contributed by atoms with Crippen molar-refractivity contribution < 1.29 is 18.3 Å². The van der Waals surface area contributed by atoms with Crippen LogP contribution in [-0.2, 0) is 16.0 Å². The molecule has 0 saturated carbocycles. The van der Waals surface area contributed by atoms with Gasteiger partial charge < -0.3 is 14.5 Å². The van der Waals surface area contributed by atoms with E-state index in [1.165, 1.54) is 12.1 Å². The molecule has 0 aliphatic carbocycles. The summed E-state index contributed by atoms with van der Waals surface area (Å²) in [5.41, 5.74) is 2.97. The lowest BCUT2D eigenvalue weighted by Crippen LogP contribution is -2.43. The number of halogens is 1. The molecule has 1 fully saturated rings. The predicted octanol–water partition coefficient (Wildman–Crippen LogP) is 3.31. The Morgan fingerprint density at radius 3 is 2.53 bits per heavy atom. The maximum Gasteiger partial charge on any atom is 0.247 e. The van der Waals surface area contributed by atoms with Gasteiger partial charge in [-0.15, -0.1) is 10.2 Å².